The second-order valence-corrected chi connectivity index (χ2v) is 6.52. The maximum Gasteiger partial charge on any atom is 0.163 e. The molecule has 0 spiro atoms. The van der Waals surface area contributed by atoms with Gasteiger partial charge in [-0.3, -0.25) is 4.79 Å². The Morgan fingerprint density at radius 2 is 1.81 bits per heavy atom. The van der Waals surface area contributed by atoms with E-state index in [-0.39, 0.29) is 11.8 Å². The van der Waals surface area contributed by atoms with Crippen LogP contribution in [0, 0.1) is 0 Å². The smallest absolute Gasteiger partial charge is 0.163 e. The normalized spacial score (nSPS) is 18.8. The molecule has 0 fully saturated rings. The summed E-state index contributed by atoms with van der Waals surface area (Å²) in [7, 11) is 3.27. The number of carbonyl (C=O) groups is 1. The van der Waals surface area contributed by atoms with Crippen molar-refractivity contribution >= 4 is 17.2 Å². The summed E-state index contributed by atoms with van der Waals surface area (Å²) in [5.41, 5.74) is 4.69. The Morgan fingerprint density at radius 1 is 1.00 bits per heavy atom. The zero-order valence-electron chi connectivity index (χ0n) is 15.0. The van der Waals surface area contributed by atoms with E-state index in [1.165, 1.54) is 0 Å². The minimum Gasteiger partial charge on any atom is -0.497 e. The number of para-hydroxylation sites is 2. The van der Waals surface area contributed by atoms with Gasteiger partial charge in [-0.25, -0.2) is 0 Å². The largest absolute Gasteiger partial charge is 0.497 e. The van der Waals surface area contributed by atoms with Crippen molar-refractivity contribution in [3.05, 3.63) is 59.3 Å². The van der Waals surface area contributed by atoms with Gasteiger partial charge in [0.25, 0.3) is 0 Å². The van der Waals surface area contributed by atoms with Crippen molar-refractivity contribution in [2.45, 2.75) is 25.3 Å². The average Bonchev–Trinajstić information content (AvgIpc) is 2.84. The highest BCUT2D eigenvalue weighted by molar-refractivity contribution is 6.00. The van der Waals surface area contributed by atoms with E-state index in [4.69, 9.17) is 9.47 Å². The van der Waals surface area contributed by atoms with Crippen LogP contribution in [0.3, 0.4) is 0 Å². The minimum atomic E-state index is -0.269. The molecular formula is C21H22N2O3. The highest BCUT2D eigenvalue weighted by Gasteiger charge is 2.33. The molecule has 0 amide bonds. The number of nitrogens with one attached hydrogen (secondary N) is 2. The van der Waals surface area contributed by atoms with Gasteiger partial charge in [-0.15, -0.1) is 0 Å². The van der Waals surface area contributed by atoms with Gasteiger partial charge in [-0.1, -0.05) is 12.1 Å². The van der Waals surface area contributed by atoms with Crippen molar-refractivity contribution in [2.24, 2.45) is 0 Å². The van der Waals surface area contributed by atoms with Crippen molar-refractivity contribution in [2.75, 3.05) is 24.9 Å². The van der Waals surface area contributed by atoms with Crippen LogP contribution in [0.15, 0.2) is 53.7 Å². The molecule has 1 aliphatic heterocycles. The molecule has 5 nitrogen and oxygen atoms in total. The molecular weight excluding hydrogens is 328 g/mol. The number of allylic oxidation sites excluding steroid dienone is 1. The predicted molar refractivity (Wildman–Crippen MR) is 102 cm³/mol. The topological polar surface area (TPSA) is 59.6 Å². The highest BCUT2D eigenvalue weighted by Crippen LogP contribution is 2.43. The van der Waals surface area contributed by atoms with Crippen molar-refractivity contribution in [1.29, 1.82) is 0 Å². The number of ether oxygens (including phenoxy) is 2. The second-order valence-electron chi connectivity index (χ2n) is 6.52. The first-order valence-corrected chi connectivity index (χ1v) is 8.82. The van der Waals surface area contributed by atoms with Crippen molar-refractivity contribution < 1.29 is 14.3 Å². The summed E-state index contributed by atoms with van der Waals surface area (Å²) in [6.45, 7) is 0. The summed E-state index contributed by atoms with van der Waals surface area (Å²) in [6.07, 6.45) is 2.32. The minimum absolute atomic E-state index is 0.182. The third-order valence-corrected chi connectivity index (χ3v) is 5.01. The molecule has 0 radical (unpaired) electrons. The second kappa shape index (κ2) is 6.75. The lowest BCUT2D eigenvalue weighted by molar-refractivity contribution is -0.116. The van der Waals surface area contributed by atoms with E-state index in [9.17, 15) is 4.79 Å². The van der Waals surface area contributed by atoms with E-state index in [0.717, 1.165) is 46.8 Å². The fourth-order valence-corrected chi connectivity index (χ4v) is 3.73. The van der Waals surface area contributed by atoms with Crippen LogP contribution in [0.4, 0.5) is 11.4 Å². The molecule has 26 heavy (non-hydrogen) atoms. The van der Waals surface area contributed by atoms with Crippen molar-refractivity contribution in [3.63, 3.8) is 0 Å². The van der Waals surface area contributed by atoms with E-state index in [1.54, 1.807) is 14.2 Å². The third kappa shape index (κ3) is 2.79. The number of rotatable bonds is 3. The SMILES string of the molecule is COc1ccc(C2Nc3ccccc3NC3=C2C(=O)CCC3)c(OC)c1. The third-order valence-electron chi connectivity index (χ3n) is 5.01. The molecule has 134 valence electrons. The standard InChI is InChI=1S/C21H22N2O3/c1-25-13-10-11-14(19(12-13)26-2)21-20-17(8-5-9-18(20)24)22-15-6-3-4-7-16(15)23-21/h3-4,6-7,10-12,21-23H,5,8-9H2,1-2H3. The van der Waals surface area contributed by atoms with Gasteiger partial charge in [0.1, 0.15) is 11.5 Å². The Kier molecular flexibility index (Phi) is 4.29. The Hall–Kier alpha value is -2.95. The van der Waals surface area contributed by atoms with Gasteiger partial charge in [0.15, 0.2) is 5.78 Å². The number of fused-ring (bicyclic) bond motifs is 1. The van der Waals surface area contributed by atoms with Crippen LogP contribution >= 0.6 is 0 Å². The number of methoxy groups -OCH3 is 2. The Morgan fingerprint density at radius 3 is 2.58 bits per heavy atom. The quantitative estimate of drug-likeness (QED) is 0.865. The molecule has 5 heteroatoms. The number of hydrogen-bond acceptors (Lipinski definition) is 5. The first kappa shape index (κ1) is 16.5. The van der Waals surface area contributed by atoms with Crippen LogP contribution < -0.4 is 20.1 Å². The molecule has 4 rings (SSSR count). The summed E-state index contributed by atoms with van der Waals surface area (Å²) < 4.78 is 10.9. The van der Waals surface area contributed by atoms with Crippen LogP contribution in [0.5, 0.6) is 11.5 Å². The van der Waals surface area contributed by atoms with Crippen LogP contribution in [0.2, 0.25) is 0 Å². The zero-order valence-corrected chi connectivity index (χ0v) is 15.0. The van der Waals surface area contributed by atoms with E-state index in [2.05, 4.69) is 10.6 Å². The number of ketones is 1. The van der Waals surface area contributed by atoms with E-state index >= 15 is 0 Å². The van der Waals surface area contributed by atoms with Gasteiger partial charge in [-0.2, -0.15) is 0 Å². The monoisotopic (exact) mass is 350 g/mol. The molecule has 1 atom stereocenters. The van der Waals surface area contributed by atoms with Crippen LogP contribution in [-0.2, 0) is 4.79 Å². The molecule has 0 saturated heterocycles. The van der Waals surface area contributed by atoms with E-state index < -0.39 is 0 Å². The summed E-state index contributed by atoms with van der Waals surface area (Å²) in [5, 5.41) is 7.04. The van der Waals surface area contributed by atoms with Gasteiger partial charge in [-0.05, 0) is 37.1 Å². The van der Waals surface area contributed by atoms with Gasteiger partial charge in [0, 0.05) is 29.3 Å². The fraction of sp³-hybridized carbons (Fsp3) is 0.286. The van der Waals surface area contributed by atoms with Crippen LogP contribution in [-0.4, -0.2) is 20.0 Å². The molecule has 1 unspecified atom stereocenters. The Labute approximate surface area is 153 Å². The molecule has 0 saturated carbocycles. The summed E-state index contributed by atoms with van der Waals surface area (Å²) in [4.78, 5) is 12.8. The Balaban J connectivity index is 1.88. The van der Waals surface area contributed by atoms with Gasteiger partial charge >= 0.3 is 0 Å². The first-order valence-electron chi connectivity index (χ1n) is 8.82. The maximum absolute atomic E-state index is 12.8. The lowest BCUT2D eigenvalue weighted by Gasteiger charge is -2.26. The van der Waals surface area contributed by atoms with Crippen LogP contribution in [0.1, 0.15) is 30.9 Å². The van der Waals surface area contributed by atoms with Crippen LogP contribution in [0.25, 0.3) is 0 Å². The van der Waals surface area contributed by atoms with Crippen molar-refractivity contribution in [1.82, 2.24) is 0 Å². The number of carbonyl (C=O) groups excluding carboxylic acids is 1. The number of Topliss-reactive ketones (excluding diaryl/α,β-unsaturated/α-hetero) is 1. The maximum atomic E-state index is 12.8. The number of benzene rings is 2. The fourth-order valence-electron chi connectivity index (χ4n) is 3.73. The number of anilines is 2. The van der Waals surface area contributed by atoms with Crippen molar-refractivity contribution in [3.8, 4) is 11.5 Å². The molecule has 2 aliphatic rings. The van der Waals surface area contributed by atoms with Gasteiger partial charge < -0.3 is 20.1 Å². The average molecular weight is 350 g/mol. The predicted octanol–water partition coefficient (Wildman–Crippen LogP) is 4.29. The lowest BCUT2D eigenvalue weighted by atomic mass is 9.86. The zero-order chi connectivity index (χ0) is 18.1. The molecule has 2 N–H and O–H groups in total. The first-order chi connectivity index (χ1) is 12.7. The Bertz CT molecular complexity index is 889. The van der Waals surface area contributed by atoms with Gasteiger partial charge in [0.05, 0.1) is 31.6 Å². The van der Waals surface area contributed by atoms with Gasteiger partial charge in [0.2, 0.25) is 0 Å². The summed E-state index contributed by atoms with van der Waals surface area (Å²) in [6, 6.07) is 13.5. The molecule has 2 aromatic carbocycles. The lowest BCUT2D eigenvalue weighted by Crippen LogP contribution is -2.24. The highest BCUT2D eigenvalue weighted by atomic mass is 16.5. The summed E-state index contributed by atoms with van der Waals surface area (Å²) in [5.74, 6) is 1.61. The number of hydrogen-bond donors (Lipinski definition) is 2. The molecule has 1 aliphatic carbocycles. The van der Waals surface area contributed by atoms with E-state index in [1.807, 2.05) is 42.5 Å². The summed E-state index contributed by atoms with van der Waals surface area (Å²) >= 11 is 0. The molecule has 1 heterocycles. The molecule has 0 bridgehead atoms. The molecule has 0 aromatic heterocycles. The van der Waals surface area contributed by atoms with E-state index in [0.29, 0.717) is 12.2 Å². The molecule has 2 aromatic rings.